The van der Waals surface area contributed by atoms with E-state index in [4.69, 9.17) is 16.1 Å². The summed E-state index contributed by atoms with van der Waals surface area (Å²) in [4.78, 5) is 25.9. The van der Waals surface area contributed by atoms with Crippen molar-refractivity contribution in [3.8, 4) is 0 Å². The maximum atomic E-state index is 12.1. The largest absolute Gasteiger partial charge is 0.361 e. The van der Waals surface area contributed by atoms with Gasteiger partial charge < -0.3 is 14.7 Å². The molecule has 0 aliphatic carbocycles. The van der Waals surface area contributed by atoms with Gasteiger partial charge in [-0.05, 0) is 18.6 Å². The average molecular weight is 334 g/mol. The Hall–Kier alpha value is -2.34. The van der Waals surface area contributed by atoms with Crippen molar-refractivity contribution in [2.75, 3.05) is 6.54 Å². The molecule has 1 aromatic carbocycles. The Labute approximate surface area is 138 Å². The fraction of sp³-hybridized carbons (Fsp3) is 0.312. The molecule has 23 heavy (non-hydrogen) atoms. The second-order valence-electron chi connectivity index (χ2n) is 5.56. The average Bonchev–Trinajstić information content (AvgIpc) is 3.08. The molecular formula is C16H16ClN3O3. The number of amides is 2. The van der Waals surface area contributed by atoms with Crippen LogP contribution in [0.3, 0.4) is 0 Å². The molecule has 1 aliphatic rings. The minimum absolute atomic E-state index is 0.00782. The molecule has 3 rings (SSSR count). The molecular weight excluding hydrogens is 318 g/mol. The van der Waals surface area contributed by atoms with Crippen LogP contribution in [0.1, 0.15) is 28.2 Å². The van der Waals surface area contributed by atoms with E-state index in [2.05, 4.69) is 10.5 Å². The Bertz CT molecular complexity index is 744. The quantitative estimate of drug-likeness (QED) is 0.930. The number of benzene rings is 1. The summed E-state index contributed by atoms with van der Waals surface area (Å²) in [5.74, 6) is 0.226. The molecule has 0 bridgehead atoms. The first-order chi connectivity index (χ1) is 11.0. The Morgan fingerprint density at radius 3 is 2.96 bits per heavy atom. The molecule has 1 saturated heterocycles. The highest BCUT2D eigenvalue weighted by atomic mass is 35.5. The second-order valence-corrected chi connectivity index (χ2v) is 5.97. The van der Waals surface area contributed by atoms with E-state index in [0.717, 1.165) is 5.56 Å². The molecule has 0 saturated carbocycles. The van der Waals surface area contributed by atoms with Gasteiger partial charge in [-0.15, -0.1) is 0 Å². The number of nitrogens with zero attached hydrogens (tertiary/aromatic N) is 2. The number of likely N-dealkylation sites (tertiary alicyclic amines) is 1. The standard InChI is InChI=1S/C16H16ClN3O3/c1-10-6-14(19-23-10)16(22)18-12-7-15(21)20(9-12)8-11-4-2-3-5-13(11)17/h2-6,12H,7-9H2,1H3,(H,18,22)/t12-/m0/s1. The van der Waals surface area contributed by atoms with E-state index in [-0.39, 0.29) is 30.0 Å². The summed E-state index contributed by atoms with van der Waals surface area (Å²) < 4.78 is 4.88. The number of hydrogen-bond donors (Lipinski definition) is 1. The van der Waals surface area contributed by atoms with Crippen molar-refractivity contribution in [3.05, 3.63) is 52.4 Å². The number of rotatable bonds is 4. The predicted molar refractivity (Wildman–Crippen MR) is 84.0 cm³/mol. The van der Waals surface area contributed by atoms with Crippen molar-refractivity contribution >= 4 is 23.4 Å². The smallest absolute Gasteiger partial charge is 0.273 e. The van der Waals surface area contributed by atoms with Crippen LogP contribution in [0, 0.1) is 6.92 Å². The number of carbonyl (C=O) groups excluding carboxylic acids is 2. The summed E-state index contributed by atoms with van der Waals surface area (Å²) in [5.41, 5.74) is 1.11. The molecule has 2 amide bonds. The summed E-state index contributed by atoms with van der Waals surface area (Å²) in [6.45, 7) is 2.61. The van der Waals surface area contributed by atoms with Gasteiger partial charge in [-0.25, -0.2) is 0 Å². The maximum Gasteiger partial charge on any atom is 0.273 e. The molecule has 1 atom stereocenters. The summed E-state index contributed by atoms with van der Waals surface area (Å²) >= 11 is 6.13. The highest BCUT2D eigenvalue weighted by molar-refractivity contribution is 6.31. The highest BCUT2D eigenvalue weighted by Crippen LogP contribution is 2.20. The zero-order chi connectivity index (χ0) is 16.4. The van der Waals surface area contributed by atoms with Crippen LogP contribution in [-0.2, 0) is 11.3 Å². The zero-order valence-corrected chi connectivity index (χ0v) is 13.3. The van der Waals surface area contributed by atoms with E-state index >= 15 is 0 Å². The van der Waals surface area contributed by atoms with Crippen molar-refractivity contribution in [1.82, 2.24) is 15.4 Å². The summed E-state index contributed by atoms with van der Waals surface area (Å²) in [5, 5.41) is 7.11. The van der Waals surface area contributed by atoms with Crippen LogP contribution in [0.25, 0.3) is 0 Å². The van der Waals surface area contributed by atoms with Crippen molar-refractivity contribution in [1.29, 1.82) is 0 Å². The molecule has 120 valence electrons. The maximum absolute atomic E-state index is 12.1. The number of halogens is 1. The third-order valence-corrected chi connectivity index (χ3v) is 4.10. The Morgan fingerprint density at radius 1 is 1.48 bits per heavy atom. The summed E-state index contributed by atoms with van der Waals surface area (Å²) in [6, 6.07) is 8.74. The first-order valence-corrected chi connectivity index (χ1v) is 7.66. The lowest BCUT2D eigenvalue weighted by atomic mass is 10.2. The Kier molecular flexibility index (Phi) is 4.34. The minimum atomic E-state index is -0.334. The molecule has 2 aromatic rings. The SMILES string of the molecule is Cc1cc(C(=O)N[C@H]2CC(=O)N(Cc3ccccc3Cl)C2)no1. The van der Waals surface area contributed by atoms with Gasteiger partial charge in [0.2, 0.25) is 5.91 Å². The molecule has 1 aliphatic heterocycles. The van der Waals surface area contributed by atoms with Crippen molar-refractivity contribution in [3.63, 3.8) is 0 Å². The van der Waals surface area contributed by atoms with Gasteiger partial charge in [0, 0.05) is 30.6 Å². The van der Waals surface area contributed by atoms with Gasteiger partial charge in [-0.2, -0.15) is 0 Å². The number of carbonyl (C=O) groups is 2. The summed E-state index contributed by atoms with van der Waals surface area (Å²) in [7, 11) is 0. The van der Waals surface area contributed by atoms with Gasteiger partial charge in [-0.3, -0.25) is 9.59 Å². The molecule has 0 radical (unpaired) electrons. The van der Waals surface area contributed by atoms with Crippen molar-refractivity contribution < 1.29 is 14.1 Å². The first-order valence-electron chi connectivity index (χ1n) is 7.28. The van der Waals surface area contributed by atoms with Gasteiger partial charge in [0.25, 0.3) is 5.91 Å². The highest BCUT2D eigenvalue weighted by Gasteiger charge is 2.31. The second kappa shape index (κ2) is 6.42. The molecule has 7 heteroatoms. The molecule has 1 N–H and O–H groups in total. The van der Waals surface area contributed by atoms with Crippen LogP contribution < -0.4 is 5.32 Å². The number of nitrogens with one attached hydrogen (secondary N) is 1. The zero-order valence-electron chi connectivity index (χ0n) is 12.6. The van der Waals surface area contributed by atoms with Gasteiger partial charge in [-0.1, -0.05) is 35.0 Å². The molecule has 1 aromatic heterocycles. The van der Waals surface area contributed by atoms with Gasteiger partial charge in [0.1, 0.15) is 5.76 Å². The lowest BCUT2D eigenvalue weighted by molar-refractivity contribution is -0.128. The third kappa shape index (κ3) is 3.53. The molecule has 0 unspecified atom stereocenters. The number of aryl methyl sites for hydroxylation is 1. The monoisotopic (exact) mass is 333 g/mol. The van der Waals surface area contributed by atoms with Crippen molar-refractivity contribution in [2.24, 2.45) is 0 Å². The molecule has 0 spiro atoms. The van der Waals surface area contributed by atoms with E-state index in [1.54, 1.807) is 24.0 Å². The van der Waals surface area contributed by atoms with Gasteiger partial charge in [0.15, 0.2) is 5.69 Å². The third-order valence-electron chi connectivity index (χ3n) is 3.73. The van der Waals surface area contributed by atoms with Crippen LogP contribution in [0.4, 0.5) is 0 Å². The van der Waals surface area contributed by atoms with E-state index in [1.807, 2.05) is 18.2 Å². The number of hydrogen-bond acceptors (Lipinski definition) is 4. The van der Waals surface area contributed by atoms with E-state index in [0.29, 0.717) is 23.9 Å². The normalized spacial score (nSPS) is 17.6. The van der Waals surface area contributed by atoms with Crippen LogP contribution in [0.5, 0.6) is 0 Å². The number of aromatic nitrogens is 1. The van der Waals surface area contributed by atoms with E-state index in [1.165, 1.54) is 0 Å². The van der Waals surface area contributed by atoms with Crippen molar-refractivity contribution in [2.45, 2.75) is 25.9 Å². The topological polar surface area (TPSA) is 75.4 Å². The Morgan fingerprint density at radius 2 is 2.26 bits per heavy atom. The lowest BCUT2D eigenvalue weighted by Crippen LogP contribution is -2.37. The minimum Gasteiger partial charge on any atom is -0.361 e. The molecule has 1 fully saturated rings. The van der Waals surface area contributed by atoms with Gasteiger partial charge >= 0.3 is 0 Å². The van der Waals surface area contributed by atoms with Crippen LogP contribution in [-0.4, -0.2) is 34.5 Å². The fourth-order valence-corrected chi connectivity index (χ4v) is 2.78. The summed E-state index contributed by atoms with van der Waals surface area (Å²) in [6.07, 6.45) is 0.271. The van der Waals surface area contributed by atoms with E-state index < -0.39 is 0 Å². The lowest BCUT2D eigenvalue weighted by Gasteiger charge is -2.17. The fourth-order valence-electron chi connectivity index (χ4n) is 2.59. The first kappa shape index (κ1) is 15.6. The van der Waals surface area contributed by atoms with Crippen LogP contribution in [0.2, 0.25) is 5.02 Å². The van der Waals surface area contributed by atoms with Crippen LogP contribution >= 0.6 is 11.6 Å². The molecule has 6 nitrogen and oxygen atoms in total. The molecule has 2 heterocycles. The van der Waals surface area contributed by atoms with Gasteiger partial charge in [0.05, 0.1) is 6.04 Å². The van der Waals surface area contributed by atoms with E-state index in [9.17, 15) is 9.59 Å². The Balaban J connectivity index is 1.61. The predicted octanol–water partition coefficient (Wildman–Crippen LogP) is 2.17. The van der Waals surface area contributed by atoms with Crippen LogP contribution in [0.15, 0.2) is 34.9 Å².